The van der Waals surface area contributed by atoms with Gasteiger partial charge in [0.1, 0.15) is 5.69 Å². The molecule has 1 aliphatic heterocycles. The van der Waals surface area contributed by atoms with Crippen molar-refractivity contribution in [2.24, 2.45) is 5.92 Å². The lowest BCUT2D eigenvalue weighted by molar-refractivity contribution is -0.384. The predicted octanol–water partition coefficient (Wildman–Crippen LogP) is 1.06. The van der Waals surface area contributed by atoms with E-state index in [0.29, 0.717) is 38.2 Å². The van der Waals surface area contributed by atoms with Crippen LogP contribution in [0.25, 0.3) is 0 Å². The van der Waals surface area contributed by atoms with Crippen molar-refractivity contribution in [3.8, 4) is 0 Å². The van der Waals surface area contributed by atoms with Gasteiger partial charge >= 0.3 is 0 Å². The standard InChI is InChI=1S/C16H22N4O4/c1-2-17-15(21)11-18-16(22)12-7-9-19(10-8-12)13-5-3-4-6-14(13)20(23)24/h3-6,12H,2,7-11H2,1H3,(H,17,21)(H,18,22). The molecule has 2 amide bonds. The molecule has 2 rings (SSSR count). The third kappa shape index (κ3) is 4.43. The number of nitro benzene ring substituents is 1. The maximum Gasteiger partial charge on any atom is 0.292 e. The van der Waals surface area contributed by atoms with Gasteiger partial charge in [0.2, 0.25) is 11.8 Å². The SMILES string of the molecule is CCNC(=O)CNC(=O)C1CCN(c2ccccc2[N+](=O)[O-])CC1. The lowest BCUT2D eigenvalue weighted by atomic mass is 9.95. The topological polar surface area (TPSA) is 105 Å². The van der Waals surface area contributed by atoms with E-state index in [1.54, 1.807) is 18.2 Å². The number of carbonyl (C=O) groups is 2. The first-order chi connectivity index (χ1) is 11.5. The van der Waals surface area contributed by atoms with Crippen molar-refractivity contribution in [1.29, 1.82) is 0 Å². The van der Waals surface area contributed by atoms with E-state index in [2.05, 4.69) is 10.6 Å². The Morgan fingerprint density at radius 1 is 1.25 bits per heavy atom. The van der Waals surface area contributed by atoms with Crippen LogP contribution >= 0.6 is 0 Å². The number of hydrogen-bond acceptors (Lipinski definition) is 5. The number of nitrogens with one attached hydrogen (secondary N) is 2. The second kappa shape index (κ2) is 8.28. The lowest BCUT2D eigenvalue weighted by Gasteiger charge is -2.32. The van der Waals surface area contributed by atoms with Crippen molar-refractivity contribution in [1.82, 2.24) is 10.6 Å². The Labute approximate surface area is 140 Å². The Hall–Kier alpha value is -2.64. The van der Waals surface area contributed by atoms with Crippen LogP contribution in [0.2, 0.25) is 0 Å². The second-order valence-electron chi connectivity index (χ2n) is 5.68. The maximum atomic E-state index is 12.1. The fourth-order valence-corrected chi connectivity index (χ4v) is 2.84. The Bertz CT molecular complexity index is 612. The minimum atomic E-state index is -0.388. The summed E-state index contributed by atoms with van der Waals surface area (Å²) in [6, 6.07) is 6.63. The van der Waals surface area contributed by atoms with E-state index >= 15 is 0 Å². The van der Waals surface area contributed by atoms with E-state index < -0.39 is 0 Å². The van der Waals surface area contributed by atoms with Gasteiger partial charge in [0.25, 0.3) is 5.69 Å². The summed E-state index contributed by atoms with van der Waals surface area (Å²) in [5.74, 6) is -0.509. The average molecular weight is 334 g/mol. The zero-order chi connectivity index (χ0) is 17.5. The molecule has 0 radical (unpaired) electrons. The minimum Gasteiger partial charge on any atom is -0.366 e. The number of anilines is 1. The highest BCUT2D eigenvalue weighted by Crippen LogP contribution is 2.31. The van der Waals surface area contributed by atoms with E-state index in [1.807, 2.05) is 11.8 Å². The molecule has 130 valence electrons. The van der Waals surface area contributed by atoms with Gasteiger partial charge in [-0.3, -0.25) is 19.7 Å². The van der Waals surface area contributed by atoms with E-state index in [-0.39, 0.29) is 34.9 Å². The van der Waals surface area contributed by atoms with Crippen LogP contribution in [0, 0.1) is 16.0 Å². The number of para-hydroxylation sites is 2. The van der Waals surface area contributed by atoms with Gasteiger partial charge in [-0.15, -0.1) is 0 Å². The number of rotatable bonds is 6. The highest BCUT2D eigenvalue weighted by molar-refractivity contribution is 5.85. The highest BCUT2D eigenvalue weighted by Gasteiger charge is 2.28. The van der Waals surface area contributed by atoms with Gasteiger partial charge in [-0.1, -0.05) is 12.1 Å². The zero-order valence-corrected chi connectivity index (χ0v) is 13.7. The molecular weight excluding hydrogens is 312 g/mol. The summed E-state index contributed by atoms with van der Waals surface area (Å²) in [6.07, 6.45) is 1.21. The Morgan fingerprint density at radius 3 is 2.54 bits per heavy atom. The first-order valence-electron chi connectivity index (χ1n) is 8.05. The van der Waals surface area contributed by atoms with Crippen LogP contribution in [0.4, 0.5) is 11.4 Å². The van der Waals surface area contributed by atoms with Crippen molar-refractivity contribution in [2.75, 3.05) is 31.1 Å². The van der Waals surface area contributed by atoms with Crippen molar-refractivity contribution < 1.29 is 14.5 Å². The second-order valence-corrected chi connectivity index (χ2v) is 5.68. The van der Waals surface area contributed by atoms with E-state index in [0.717, 1.165) is 0 Å². The molecule has 1 aromatic carbocycles. The Kier molecular flexibility index (Phi) is 6.11. The van der Waals surface area contributed by atoms with Crippen molar-refractivity contribution in [3.63, 3.8) is 0 Å². The molecule has 1 aromatic rings. The van der Waals surface area contributed by atoms with Crippen molar-refractivity contribution in [2.45, 2.75) is 19.8 Å². The third-order valence-corrected chi connectivity index (χ3v) is 4.08. The molecule has 1 aliphatic rings. The largest absolute Gasteiger partial charge is 0.366 e. The molecule has 0 aliphatic carbocycles. The molecule has 0 spiro atoms. The van der Waals surface area contributed by atoms with Gasteiger partial charge in [-0.2, -0.15) is 0 Å². The van der Waals surface area contributed by atoms with E-state index in [1.165, 1.54) is 6.07 Å². The number of piperidine rings is 1. The fraction of sp³-hybridized carbons (Fsp3) is 0.500. The number of amides is 2. The molecule has 24 heavy (non-hydrogen) atoms. The van der Waals surface area contributed by atoms with Crippen LogP contribution in [0.5, 0.6) is 0 Å². The van der Waals surface area contributed by atoms with Gasteiger partial charge in [-0.25, -0.2) is 0 Å². The molecule has 0 atom stereocenters. The average Bonchev–Trinajstić information content (AvgIpc) is 2.60. The van der Waals surface area contributed by atoms with Gasteiger partial charge in [0.05, 0.1) is 11.5 Å². The Balaban J connectivity index is 1.88. The van der Waals surface area contributed by atoms with Gasteiger partial charge in [-0.05, 0) is 25.8 Å². The number of benzene rings is 1. The summed E-state index contributed by atoms with van der Waals surface area (Å²) in [4.78, 5) is 36.1. The number of hydrogen-bond donors (Lipinski definition) is 2. The van der Waals surface area contributed by atoms with Crippen LogP contribution in [0.3, 0.4) is 0 Å². The number of nitrogens with zero attached hydrogens (tertiary/aromatic N) is 2. The normalized spacial score (nSPS) is 15.0. The van der Waals surface area contributed by atoms with E-state index in [4.69, 9.17) is 0 Å². The predicted molar refractivity (Wildman–Crippen MR) is 89.7 cm³/mol. The molecule has 8 nitrogen and oxygen atoms in total. The maximum absolute atomic E-state index is 12.1. The quantitative estimate of drug-likeness (QED) is 0.598. The summed E-state index contributed by atoms with van der Waals surface area (Å²) >= 11 is 0. The number of nitro groups is 1. The first-order valence-corrected chi connectivity index (χ1v) is 8.05. The third-order valence-electron chi connectivity index (χ3n) is 4.08. The zero-order valence-electron chi connectivity index (χ0n) is 13.7. The van der Waals surface area contributed by atoms with Crippen LogP contribution in [0.1, 0.15) is 19.8 Å². The summed E-state index contributed by atoms with van der Waals surface area (Å²) in [5.41, 5.74) is 0.667. The molecule has 1 saturated heterocycles. The summed E-state index contributed by atoms with van der Waals surface area (Å²) in [6.45, 7) is 3.48. The summed E-state index contributed by atoms with van der Waals surface area (Å²) < 4.78 is 0. The molecule has 2 N–H and O–H groups in total. The van der Waals surface area contributed by atoms with E-state index in [9.17, 15) is 19.7 Å². The molecule has 0 unspecified atom stereocenters. The number of carbonyl (C=O) groups excluding carboxylic acids is 2. The first kappa shape index (κ1) is 17.7. The molecule has 0 bridgehead atoms. The van der Waals surface area contributed by atoms with Crippen molar-refractivity contribution in [3.05, 3.63) is 34.4 Å². The van der Waals surface area contributed by atoms with Crippen molar-refractivity contribution >= 4 is 23.2 Å². The lowest BCUT2D eigenvalue weighted by Crippen LogP contribution is -2.43. The van der Waals surface area contributed by atoms with Gasteiger partial charge in [0.15, 0.2) is 0 Å². The highest BCUT2D eigenvalue weighted by atomic mass is 16.6. The molecule has 8 heteroatoms. The molecular formula is C16H22N4O4. The van der Waals surface area contributed by atoms with Crippen LogP contribution in [-0.4, -0.2) is 42.9 Å². The molecule has 0 saturated carbocycles. The van der Waals surface area contributed by atoms with Gasteiger partial charge < -0.3 is 15.5 Å². The summed E-state index contributed by atoms with van der Waals surface area (Å²) in [5, 5.41) is 16.4. The fourth-order valence-electron chi connectivity index (χ4n) is 2.84. The summed E-state index contributed by atoms with van der Waals surface area (Å²) in [7, 11) is 0. The molecule has 1 fully saturated rings. The van der Waals surface area contributed by atoms with Crippen LogP contribution in [-0.2, 0) is 9.59 Å². The van der Waals surface area contributed by atoms with Crippen LogP contribution in [0.15, 0.2) is 24.3 Å². The van der Waals surface area contributed by atoms with Gasteiger partial charge in [0, 0.05) is 31.6 Å². The number of likely N-dealkylation sites (N-methyl/N-ethyl adjacent to an activating group) is 1. The molecule has 0 aromatic heterocycles. The minimum absolute atomic E-state index is 0.0168. The van der Waals surface area contributed by atoms with Crippen LogP contribution < -0.4 is 15.5 Å². The monoisotopic (exact) mass is 334 g/mol. The Morgan fingerprint density at radius 2 is 1.92 bits per heavy atom. The molecule has 1 heterocycles. The smallest absolute Gasteiger partial charge is 0.292 e.